The van der Waals surface area contributed by atoms with Crippen LogP contribution in [-0.4, -0.2) is 4.98 Å². The first kappa shape index (κ1) is 8.83. The van der Waals surface area contributed by atoms with Crippen molar-refractivity contribution in [2.45, 2.75) is 6.61 Å². The maximum atomic E-state index is 4.96. The van der Waals surface area contributed by atoms with Gasteiger partial charge in [-0.15, -0.1) is 22.7 Å². The van der Waals surface area contributed by atoms with Crippen molar-refractivity contribution in [1.82, 2.24) is 4.98 Å². The molecule has 2 aromatic heterocycles. The Bertz CT molecular complexity index is 369. The van der Waals surface area contributed by atoms with Crippen molar-refractivity contribution in [1.29, 1.82) is 0 Å². The first-order chi connectivity index (χ1) is 6.40. The minimum absolute atomic E-state index is 0.385. The lowest BCUT2D eigenvalue weighted by atomic mass is 10.4. The van der Waals surface area contributed by atoms with Gasteiger partial charge >= 0.3 is 0 Å². The average Bonchev–Trinajstić information content (AvgIpc) is 2.70. The Morgan fingerprint density at radius 2 is 2.38 bits per heavy atom. The molecule has 2 N–H and O–H groups in total. The van der Waals surface area contributed by atoms with Crippen LogP contribution in [0.3, 0.4) is 0 Å². The zero-order valence-electron chi connectivity index (χ0n) is 6.77. The van der Waals surface area contributed by atoms with E-state index in [0.29, 0.717) is 6.61 Å². The summed E-state index contributed by atoms with van der Waals surface area (Å²) < 4.78 is 0. The highest BCUT2D eigenvalue weighted by Gasteiger charge is 2.04. The van der Waals surface area contributed by atoms with Crippen LogP contribution < -0.4 is 5.90 Å². The van der Waals surface area contributed by atoms with Crippen molar-refractivity contribution in [2.75, 3.05) is 0 Å². The Labute approximate surface area is 83.8 Å². The summed E-state index contributed by atoms with van der Waals surface area (Å²) in [6.45, 7) is 0.385. The summed E-state index contributed by atoms with van der Waals surface area (Å²) in [4.78, 5) is 10.1. The predicted octanol–water partition coefficient (Wildman–Crippen LogP) is 2.26. The molecule has 5 heteroatoms. The Balaban J connectivity index is 2.23. The van der Waals surface area contributed by atoms with Crippen LogP contribution in [0.2, 0.25) is 0 Å². The van der Waals surface area contributed by atoms with Crippen LogP contribution in [0.5, 0.6) is 0 Å². The molecule has 0 aliphatic rings. The zero-order chi connectivity index (χ0) is 9.10. The van der Waals surface area contributed by atoms with Gasteiger partial charge in [-0.05, 0) is 11.4 Å². The number of thiophene rings is 1. The highest BCUT2D eigenvalue weighted by Crippen LogP contribution is 2.25. The van der Waals surface area contributed by atoms with Crippen molar-refractivity contribution < 1.29 is 4.84 Å². The number of thiazole rings is 1. The maximum Gasteiger partial charge on any atom is 0.121 e. The second-order valence-electron chi connectivity index (χ2n) is 2.41. The van der Waals surface area contributed by atoms with Crippen molar-refractivity contribution in [2.24, 2.45) is 5.90 Å². The van der Waals surface area contributed by atoms with E-state index in [1.54, 1.807) is 22.7 Å². The monoisotopic (exact) mass is 212 g/mol. The topological polar surface area (TPSA) is 48.1 Å². The molecule has 0 atom stereocenters. The van der Waals surface area contributed by atoms with Gasteiger partial charge in [-0.3, -0.25) is 4.84 Å². The van der Waals surface area contributed by atoms with Gasteiger partial charge in [0.2, 0.25) is 0 Å². The van der Waals surface area contributed by atoms with E-state index < -0.39 is 0 Å². The van der Waals surface area contributed by atoms with Gasteiger partial charge in [-0.2, -0.15) is 0 Å². The molecule has 2 heterocycles. The number of hydrogen-bond donors (Lipinski definition) is 1. The van der Waals surface area contributed by atoms with Gasteiger partial charge in [0.05, 0.1) is 10.6 Å². The van der Waals surface area contributed by atoms with Gasteiger partial charge in [0.25, 0.3) is 0 Å². The van der Waals surface area contributed by atoms with E-state index in [9.17, 15) is 0 Å². The molecule has 0 aromatic carbocycles. The Hall–Kier alpha value is -0.750. The highest BCUT2D eigenvalue weighted by atomic mass is 32.1. The fraction of sp³-hybridized carbons (Fsp3) is 0.125. The van der Waals surface area contributed by atoms with Crippen LogP contribution >= 0.6 is 22.7 Å². The molecule has 13 heavy (non-hydrogen) atoms. The molecule has 0 spiro atoms. The minimum atomic E-state index is 0.385. The number of nitrogens with two attached hydrogens (primary N) is 1. The SMILES string of the molecule is NOCc1nc(-c2cccs2)cs1. The van der Waals surface area contributed by atoms with E-state index in [2.05, 4.69) is 9.82 Å². The fourth-order valence-electron chi connectivity index (χ4n) is 0.986. The van der Waals surface area contributed by atoms with Gasteiger partial charge in [-0.25, -0.2) is 10.9 Å². The zero-order valence-corrected chi connectivity index (χ0v) is 8.40. The smallest absolute Gasteiger partial charge is 0.121 e. The van der Waals surface area contributed by atoms with Gasteiger partial charge in [0, 0.05) is 5.38 Å². The molecule has 2 aromatic rings. The molecule has 0 saturated heterocycles. The second kappa shape index (κ2) is 3.97. The third-order valence-corrected chi connectivity index (χ3v) is 3.25. The third-order valence-electron chi connectivity index (χ3n) is 1.53. The van der Waals surface area contributed by atoms with E-state index in [1.807, 2.05) is 22.9 Å². The molecule has 0 bridgehead atoms. The Morgan fingerprint density at radius 3 is 3.08 bits per heavy atom. The average molecular weight is 212 g/mol. The van der Waals surface area contributed by atoms with Crippen LogP contribution in [0.4, 0.5) is 0 Å². The molecule has 0 fully saturated rings. The first-order valence-electron chi connectivity index (χ1n) is 3.70. The van der Waals surface area contributed by atoms with E-state index in [0.717, 1.165) is 10.7 Å². The number of nitrogens with zero attached hydrogens (tertiary/aromatic N) is 1. The molecule has 0 radical (unpaired) electrons. The number of rotatable bonds is 3. The molecule has 3 nitrogen and oxygen atoms in total. The summed E-state index contributed by atoms with van der Waals surface area (Å²) >= 11 is 3.24. The largest absolute Gasteiger partial charge is 0.297 e. The molecule has 2 rings (SSSR count). The standard InChI is InChI=1S/C8H8N2OS2/c9-11-4-8-10-6(5-13-8)7-2-1-3-12-7/h1-3,5H,4,9H2. The fourth-order valence-corrected chi connectivity index (χ4v) is 2.46. The lowest BCUT2D eigenvalue weighted by Crippen LogP contribution is -1.97. The van der Waals surface area contributed by atoms with Crippen LogP contribution in [0.15, 0.2) is 22.9 Å². The highest BCUT2D eigenvalue weighted by molar-refractivity contribution is 7.14. The van der Waals surface area contributed by atoms with Crippen LogP contribution in [0.1, 0.15) is 5.01 Å². The second-order valence-corrected chi connectivity index (χ2v) is 4.31. The first-order valence-corrected chi connectivity index (χ1v) is 5.46. The number of hydrogen-bond acceptors (Lipinski definition) is 5. The maximum absolute atomic E-state index is 4.96. The van der Waals surface area contributed by atoms with Gasteiger partial charge < -0.3 is 0 Å². The summed E-state index contributed by atoms with van der Waals surface area (Å²) in [7, 11) is 0. The summed E-state index contributed by atoms with van der Waals surface area (Å²) in [5.41, 5.74) is 1.01. The van der Waals surface area contributed by atoms with Crippen LogP contribution in [0.25, 0.3) is 10.6 Å². The van der Waals surface area contributed by atoms with E-state index >= 15 is 0 Å². The molecule has 0 amide bonds. The number of aromatic nitrogens is 1. The van der Waals surface area contributed by atoms with Crippen LogP contribution in [-0.2, 0) is 11.4 Å². The summed E-state index contributed by atoms with van der Waals surface area (Å²) in [6, 6.07) is 4.06. The summed E-state index contributed by atoms with van der Waals surface area (Å²) in [5.74, 6) is 4.96. The quantitative estimate of drug-likeness (QED) is 0.794. The minimum Gasteiger partial charge on any atom is -0.297 e. The van der Waals surface area contributed by atoms with Gasteiger partial charge in [-0.1, -0.05) is 6.07 Å². The van der Waals surface area contributed by atoms with Crippen LogP contribution in [0, 0.1) is 0 Å². The molecule has 0 saturated carbocycles. The Kier molecular flexibility index (Phi) is 2.70. The molecule has 0 aliphatic carbocycles. The van der Waals surface area contributed by atoms with Crippen molar-refractivity contribution >= 4 is 22.7 Å². The van der Waals surface area contributed by atoms with E-state index in [-0.39, 0.29) is 0 Å². The summed E-state index contributed by atoms with van der Waals surface area (Å²) in [6.07, 6.45) is 0. The lowest BCUT2D eigenvalue weighted by Gasteiger charge is -1.90. The van der Waals surface area contributed by atoms with Crippen molar-refractivity contribution in [3.8, 4) is 10.6 Å². The molecule has 0 unspecified atom stereocenters. The van der Waals surface area contributed by atoms with Gasteiger partial charge in [0.1, 0.15) is 11.6 Å². The molecule has 68 valence electrons. The normalized spacial score (nSPS) is 10.5. The Morgan fingerprint density at radius 1 is 1.46 bits per heavy atom. The molecular weight excluding hydrogens is 204 g/mol. The van der Waals surface area contributed by atoms with Crippen molar-refractivity contribution in [3.63, 3.8) is 0 Å². The van der Waals surface area contributed by atoms with Gasteiger partial charge in [0.15, 0.2) is 0 Å². The van der Waals surface area contributed by atoms with Crippen molar-refractivity contribution in [3.05, 3.63) is 27.9 Å². The van der Waals surface area contributed by atoms with E-state index in [4.69, 9.17) is 5.90 Å². The van der Waals surface area contributed by atoms with E-state index in [1.165, 1.54) is 4.88 Å². The summed E-state index contributed by atoms with van der Waals surface area (Å²) in [5, 5.41) is 4.96. The molecule has 0 aliphatic heterocycles. The third kappa shape index (κ3) is 1.94. The molecular formula is C8H8N2OS2. The lowest BCUT2D eigenvalue weighted by molar-refractivity contribution is 0.124. The predicted molar refractivity (Wildman–Crippen MR) is 54.4 cm³/mol.